The third-order valence-corrected chi connectivity index (χ3v) is 6.18. The van der Waals surface area contributed by atoms with Crippen molar-refractivity contribution < 1.29 is 18.7 Å². The number of carbonyl (C=O) groups is 2. The first kappa shape index (κ1) is 23.2. The van der Waals surface area contributed by atoms with Gasteiger partial charge in [0.15, 0.2) is 10.5 Å². The molecule has 1 fully saturated rings. The minimum Gasteiger partial charge on any atom is -0.463 e. The molecule has 0 saturated carbocycles. The van der Waals surface area contributed by atoms with E-state index in [0.29, 0.717) is 28.2 Å². The van der Waals surface area contributed by atoms with Gasteiger partial charge in [0, 0.05) is 0 Å². The van der Waals surface area contributed by atoms with Crippen molar-refractivity contribution in [3.05, 3.63) is 105 Å². The fourth-order valence-electron chi connectivity index (χ4n) is 3.84. The number of hydrogen-bond acceptors (Lipinski definition) is 6. The lowest BCUT2D eigenvalue weighted by atomic mass is 10.0. The molecule has 0 aliphatic carbocycles. The van der Waals surface area contributed by atoms with Crippen molar-refractivity contribution in [2.45, 2.75) is 13.8 Å². The van der Waals surface area contributed by atoms with E-state index in [0.717, 1.165) is 11.1 Å². The molecule has 0 unspecified atom stereocenters. The average Bonchev–Trinajstić information content (AvgIpc) is 2.86. The van der Waals surface area contributed by atoms with E-state index in [1.807, 2.05) is 44.2 Å². The predicted octanol–water partition coefficient (Wildman–Crippen LogP) is 5.03. The van der Waals surface area contributed by atoms with Crippen LogP contribution in [0.1, 0.15) is 16.7 Å². The molecular weight excluding hydrogens is 476 g/mol. The second-order valence-corrected chi connectivity index (χ2v) is 8.71. The Hall–Kier alpha value is -4.56. The van der Waals surface area contributed by atoms with Crippen molar-refractivity contribution in [3.63, 3.8) is 0 Å². The van der Waals surface area contributed by atoms with Gasteiger partial charge in [0.25, 0.3) is 11.8 Å². The summed E-state index contributed by atoms with van der Waals surface area (Å²) in [5.41, 5.74) is 2.31. The minimum atomic E-state index is -0.690. The number of nitrogens with zero attached hydrogens (tertiary/aromatic N) is 1. The summed E-state index contributed by atoms with van der Waals surface area (Å²) in [4.78, 5) is 40.3. The standard InChI is InChI=1S/C28H20N2O5S/c1-16-12-22-24(13-17(16)2)34-15-18(25(22)31)14-23-26(32)29-28(36)30(27(23)33)19-8-10-21(11-9-19)35-20-6-4-3-5-7-20/h3-15H,1-2H3,(H,29,32,36)/b23-14+. The first-order valence-electron chi connectivity index (χ1n) is 11.1. The number of thiocarbonyl (C=S) groups is 1. The van der Waals surface area contributed by atoms with Crippen molar-refractivity contribution in [1.82, 2.24) is 5.32 Å². The highest BCUT2D eigenvalue weighted by atomic mass is 32.1. The molecule has 0 bridgehead atoms. The van der Waals surface area contributed by atoms with Crippen LogP contribution in [0.25, 0.3) is 17.0 Å². The highest BCUT2D eigenvalue weighted by Crippen LogP contribution is 2.27. The molecule has 2 heterocycles. The van der Waals surface area contributed by atoms with Crippen LogP contribution in [-0.2, 0) is 9.59 Å². The van der Waals surface area contributed by atoms with E-state index in [9.17, 15) is 14.4 Å². The normalized spacial score (nSPS) is 14.9. The van der Waals surface area contributed by atoms with Gasteiger partial charge in [0.1, 0.15) is 28.9 Å². The first-order valence-corrected chi connectivity index (χ1v) is 11.5. The molecule has 8 heteroatoms. The molecule has 1 aliphatic rings. The molecule has 2 amide bonds. The number of para-hydroxylation sites is 1. The lowest BCUT2D eigenvalue weighted by Gasteiger charge is -2.29. The van der Waals surface area contributed by atoms with Crippen molar-refractivity contribution in [1.29, 1.82) is 0 Å². The second-order valence-electron chi connectivity index (χ2n) is 8.32. The van der Waals surface area contributed by atoms with Gasteiger partial charge in [-0.1, -0.05) is 18.2 Å². The maximum absolute atomic E-state index is 13.3. The SMILES string of the molecule is Cc1cc2occ(/C=C3\C(=O)NC(=S)N(c4ccc(Oc5ccccc5)cc4)C3=O)c(=O)c2cc1C. The van der Waals surface area contributed by atoms with E-state index >= 15 is 0 Å². The van der Waals surface area contributed by atoms with Gasteiger partial charge >= 0.3 is 0 Å². The molecule has 7 nitrogen and oxygen atoms in total. The van der Waals surface area contributed by atoms with Gasteiger partial charge in [0.2, 0.25) is 0 Å². The van der Waals surface area contributed by atoms with Gasteiger partial charge in [0.05, 0.1) is 16.6 Å². The van der Waals surface area contributed by atoms with E-state index in [1.165, 1.54) is 17.2 Å². The van der Waals surface area contributed by atoms with Crippen molar-refractivity contribution >= 4 is 51.9 Å². The van der Waals surface area contributed by atoms with Crippen molar-refractivity contribution in [2.75, 3.05) is 4.90 Å². The molecule has 178 valence electrons. The summed E-state index contributed by atoms with van der Waals surface area (Å²) in [6, 6.07) is 19.5. The van der Waals surface area contributed by atoms with Gasteiger partial charge in [-0.3, -0.25) is 24.6 Å². The Bertz CT molecular complexity index is 1620. The first-order chi connectivity index (χ1) is 17.3. The molecule has 0 atom stereocenters. The second kappa shape index (κ2) is 9.24. The monoisotopic (exact) mass is 496 g/mol. The number of ether oxygens (including phenoxy) is 1. The summed E-state index contributed by atoms with van der Waals surface area (Å²) >= 11 is 5.27. The topological polar surface area (TPSA) is 88.8 Å². The summed E-state index contributed by atoms with van der Waals surface area (Å²) < 4.78 is 11.4. The zero-order valence-electron chi connectivity index (χ0n) is 19.4. The summed E-state index contributed by atoms with van der Waals surface area (Å²) in [6.45, 7) is 3.82. The smallest absolute Gasteiger partial charge is 0.270 e. The molecule has 36 heavy (non-hydrogen) atoms. The largest absolute Gasteiger partial charge is 0.463 e. The molecule has 0 radical (unpaired) electrons. The van der Waals surface area contributed by atoms with Crippen LogP contribution in [-0.4, -0.2) is 16.9 Å². The van der Waals surface area contributed by atoms with Gasteiger partial charge in [-0.25, -0.2) is 0 Å². The Morgan fingerprint density at radius 3 is 2.31 bits per heavy atom. The molecule has 1 aliphatic heterocycles. The molecule has 0 spiro atoms. The Labute approximate surface area is 211 Å². The highest BCUT2D eigenvalue weighted by Gasteiger charge is 2.34. The number of amides is 2. The van der Waals surface area contributed by atoms with Crippen molar-refractivity contribution in [2.24, 2.45) is 0 Å². The summed E-state index contributed by atoms with van der Waals surface area (Å²) in [7, 11) is 0. The predicted molar refractivity (Wildman–Crippen MR) is 141 cm³/mol. The molecule has 1 aromatic heterocycles. The van der Waals surface area contributed by atoms with E-state index in [4.69, 9.17) is 21.4 Å². The van der Waals surface area contributed by atoms with E-state index < -0.39 is 11.8 Å². The molecule has 1 saturated heterocycles. The minimum absolute atomic E-state index is 0.0597. The number of nitrogens with one attached hydrogen (secondary N) is 1. The quantitative estimate of drug-likeness (QED) is 0.242. The lowest BCUT2D eigenvalue weighted by molar-refractivity contribution is -0.122. The molecule has 4 aromatic rings. The summed E-state index contributed by atoms with van der Waals surface area (Å²) in [6.07, 6.45) is 2.49. The maximum atomic E-state index is 13.3. The van der Waals surface area contributed by atoms with Crippen LogP contribution in [0.5, 0.6) is 11.5 Å². The van der Waals surface area contributed by atoms with Gasteiger partial charge in [-0.15, -0.1) is 0 Å². The van der Waals surface area contributed by atoms with E-state index in [2.05, 4.69) is 5.32 Å². The highest BCUT2D eigenvalue weighted by molar-refractivity contribution is 7.80. The lowest BCUT2D eigenvalue weighted by Crippen LogP contribution is -2.54. The Kier molecular flexibility index (Phi) is 5.95. The number of anilines is 1. The zero-order valence-corrected chi connectivity index (χ0v) is 20.2. The number of hydrogen-bond donors (Lipinski definition) is 1. The van der Waals surface area contributed by atoms with E-state index in [-0.39, 0.29) is 21.7 Å². The van der Waals surface area contributed by atoms with Crippen LogP contribution < -0.4 is 20.4 Å². The fourth-order valence-corrected chi connectivity index (χ4v) is 4.12. The van der Waals surface area contributed by atoms with E-state index in [1.54, 1.807) is 36.4 Å². The molecule has 1 N–H and O–H groups in total. The third-order valence-electron chi connectivity index (χ3n) is 5.89. The van der Waals surface area contributed by atoms with Crippen LogP contribution >= 0.6 is 12.2 Å². The summed E-state index contributed by atoms with van der Waals surface area (Å²) in [5.74, 6) is -0.101. The zero-order chi connectivity index (χ0) is 25.4. The average molecular weight is 497 g/mol. The number of aryl methyl sites for hydroxylation is 2. The van der Waals surface area contributed by atoms with Crippen LogP contribution in [0.2, 0.25) is 0 Å². The maximum Gasteiger partial charge on any atom is 0.270 e. The number of carbonyl (C=O) groups excluding carboxylic acids is 2. The fraction of sp³-hybridized carbons (Fsp3) is 0.0714. The van der Waals surface area contributed by atoms with Gasteiger partial charge < -0.3 is 9.15 Å². The van der Waals surface area contributed by atoms with Gasteiger partial charge in [-0.2, -0.15) is 0 Å². The molecule has 3 aromatic carbocycles. The van der Waals surface area contributed by atoms with Crippen LogP contribution in [0.15, 0.2) is 87.8 Å². The Morgan fingerprint density at radius 2 is 1.58 bits per heavy atom. The van der Waals surface area contributed by atoms with Crippen LogP contribution in [0.3, 0.4) is 0 Å². The number of benzene rings is 3. The molecular formula is C28H20N2O5S. The molecule has 5 rings (SSSR count). The number of fused-ring (bicyclic) bond motifs is 1. The van der Waals surface area contributed by atoms with Crippen LogP contribution in [0.4, 0.5) is 5.69 Å². The third kappa shape index (κ3) is 4.30. The van der Waals surface area contributed by atoms with Crippen LogP contribution in [0, 0.1) is 13.8 Å². The van der Waals surface area contributed by atoms with Gasteiger partial charge in [-0.05, 0) is 91.8 Å². The Morgan fingerprint density at radius 1 is 0.917 bits per heavy atom. The summed E-state index contributed by atoms with van der Waals surface area (Å²) in [5, 5.41) is 2.83. The Balaban J connectivity index is 1.47. The number of rotatable bonds is 4. The van der Waals surface area contributed by atoms with Crippen molar-refractivity contribution in [3.8, 4) is 11.5 Å².